The third kappa shape index (κ3) is 3.28. The second-order valence-electron chi connectivity index (χ2n) is 4.64. The highest BCUT2D eigenvalue weighted by Gasteiger charge is 2.39. The van der Waals surface area contributed by atoms with E-state index in [4.69, 9.17) is 10.5 Å². The average molecular weight is 293 g/mol. The van der Waals surface area contributed by atoms with Gasteiger partial charge in [-0.2, -0.15) is 13.2 Å². The van der Waals surface area contributed by atoms with Crippen molar-refractivity contribution in [3.05, 3.63) is 11.6 Å². The molecule has 0 spiro atoms. The fraction of sp³-hybridized carbons (Fsp3) is 0.818. The van der Waals surface area contributed by atoms with Crippen molar-refractivity contribution in [3.63, 3.8) is 0 Å². The molecule has 0 amide bonds. The lowest BCUT2D eigenvalue weighted by Gasteiger charge is -2.30. The van der Waals surface area contributed by atoms with Crippen LogP contribution in [0.25, 0.3) is 0 Å². The second-order valence-corrected chi connectivity index (χ2v) is 4.64. The monoisotopic (exact) mass is 293 g/mol. The summed E-state index contributed by atoms with van der Waals surface area (Å²) in [5, 5.41) is 6.88. The van der Waals surface area contributed by atoms with Crippen molar-refractivity contribution in [2.75, 3.05) is 26.2 Å². The molecule has 2 heterocycles. The molecule has 0 saturated heterocycles. The lowest BCUT2D eigenvalue weighted by molar-refractivity contribution is -0.148. The normalized spacial score (nSPS) is 18.1. The van der Waals surface area contributed by atoms with Gasteiger partial charge in [-0.05, 0) is 6.92 Å². The predicted octanol–water partition coefficient (Wildman–Crippen LogP) is 0.476. The van der Waals surface area contributed by atoms with E-state index in [-0.39, 0.29) is 12.6 Å². The van der Waals surface area contributed by atoms with E-state index >= 15 is 0 Å². The largest absolute Gasteiger partial charge is 0.451 e. The Morgan fingerprint density at radius 3 is 2.70 bits per heavy atom. The Bertz CT molecular complexity index is 448. The van der Waals surface area contributed by atoms with Crippen molar-refractivity contribution in [1.29, 1.82) is 0 Å². The molecule has 0 bridgehead atoms. The Hall–Kier alpha value is -1.19. The van der Waals surface area contributed by atoms with E-state index < -0.39 is 12.0 Å². The van der Waals surface area contributed by atoms with Gasteiger partial charge in [-0.3, -0.25) is 4.90 Å². The molecule has 6 nitrogen and oxygen atoms in total. The predicted molar refractivity (Wildman–Crippen MR) is 64.8 cm³/mol. The smallest absolute Gasteiger partial charge is 0.376 e. The number of nitrogens with two attached hydrogens (primary N) is 1. The van der Waals surface area contributed by atoms with Crippen molar-refractivity contribution in [1.82, 2.24) is 19.7 Å². The number of alkyl halides is 3. The maximum atomic E-state index is 12.7. The molecule has 20 heavy (non-hydrogen) atoms. The molecule has 0 fully saturated rings. The first-order valence-corrected chi connectivity index (χ1v) is 6.49. The third-order valence-electron chi connectivity index (χ3n) is 3.21. The van der Waals surface area contributed by atoms with Crippen molar-refractivity contribution in [3.8, 4) is 0 Å². The minimum atomic E-state index is -4.46. The molecule has 0 aromatic carbocycles. The topological polar surface area (TPSA) is 69.2 Å². The molecule has 0 radical (unpaired) electrons. The maximum absolute atomic E-state index is 12.7. The molecule has 2 rings (SSSR count). The fourth-order valence-corrected chi connectivity index (χ4v) is 2.29. The van der Waals surface area contributed by atoms with Gasteiger partial charge in [0, 0.05) is 32.8 Å². The molecule has 1 unspecified atom stereocenters. The van der Waals surface area contributed by atoms with Gasteiger partial charge in [0.1, 0.15) is 5.82 Å². The van der Waals surface area contributed by atoms with Crippen LogP contribution in [-0.4, -0.2) is 52.0 Å². The Balaban J connectivity index is 2.03. The van der Waals surface area contributed by atoms with E-state index in [1.54, 1.807) is 0 Å². The van der Waals surface area contributed by atoms with E-state index in [2.05, 4.69) is 10.2 Å². The van der Waals surface area contributed by atoms with Gasteiger partial charge in [0.15, 0.2) is 0 Å². The van der Waals surface area contributed by atoms with Crippen LogP contribution in [0.3, 0.4) is 0 Å². The van der Waals surface area contributed by atoms with Crippen LogP contribution in [-0.2, 0) is 24.0 Å². The van der Waals surface area contributed by atoms with E-state index in [1.807, 2.05) is 11.8 Å². The SMILES string of the molecule is CCOC(CN)CN1CCn2c(nnc2C(F)(F)F)C1. The van der Waals surface area contributed by atoms with Crippen LogP contribution in [0.2, 0.25) is 0 Å². The number of rotatable bonds is 5. The number of aromatic nitrogens is 3. The first kappa shape index (κ1) is 15.2. The summed E-state index contributed by atoms with van der Waals surface area (Å²) in [6.45, 7) is 4.45. The van der Waals surface area contributed by atoms with Gasteiger partial charge >= 0.3 is 6.18 Å². The fourth-order valence-electron chi connectivity index (χ4n) is 2.29. The van der Waals surface area contributed by atoms with Crippen molar-refractivity contribution < 1.29 is 17.9 Å². The molecule has 1 aliphatic heterocycles. The van der Waals surface area contributed by atoms with Crippen molar-refractivity contribution in [2.24, 2.45) is 5.73 Å². The van der Waals surface area contributed by atoms with Gasteiger partial charge in [-0.1, -0.05) is 0 Å². The molecule has 114 valence electrons. The zero-order valence-electron chi connectivity index (χ0n) is 11.2. The van der Waals surface area contributed by atoms with Crippen molar-refractivity contribution in [2.45, 2.75) is 32.3 Å². The highest BCUT2D eigenvalue weighted by Crippen LogP contribution is 2.29. The van der Waals surface area contributed by atoms with Crippen LogP contribution in [0.4, 0.5) is 13.2 Å². The van der Waals surface area contributed by atoms with Crippen LogP contribution < -0.4 is 5.73 Å². The molecule has 2 N–H and O–H groups in total. The second kappa shape index (κ2) is 6.06. The average Bonchev–Trinajstić information content (AvgIpc) is 2.81. The quantitative estimate of drug-likeness (QED) is 0.855. The number of nitrogens with zero attached hydrogens (tertiary/aromatic N) is 4. The lowest BCUT2D eigenvalue weighted by Crippen LogP contribution is -2.42. The van der Waals surface area contributed by atoms with E-state index in [9.17, 15) is 13.2 Å². The molecule has 1 atom stereocenters. The van der Waals surface area contributed by atoms with Crippen LogP contribution in [0, 0.1) is 0 Å². The maximum Gasteiger partial charge on any atom is 0.451 e. The van der Waals surface area contributed by atoms with Gasteiger partial charge in [0.05, 0.1) is 12.6 Å². The Morgan fingerprint density at radius 2 is 2.10 bits per heavy atom. The Kier molecular flexibility index (Phi) is 4.61. The minimum Gasteiger partial charge on any atom is -0.376 e. The summed E-state index contributed by atoms with van der Waals surface area (Å²) in [5.41, 5.74) is 5.60. The molecule has 1 aromatic heterocycles. The summed E-state index contributed by atoms with van der Waals surface area (Å²) in [6.07, 6.45) is -4.57. The highest BCUT2D eigenvalue weighted by molar-refractivity contribution is 5.02. The molecule has 1 aromatic rings. The lowest BCUT2D eigenvalue weighted by atomic mass is 10.2. The number of halogens is 3. The number of fused-ring (bicyclic) bond motifs is 1. The first-order valence-electron chi connectivity index (χ1n) is 6.49. The van der Waals surface area contributed by atoms with Gasteiger partial charge in [-0.25, -0.2) is 0 Å². The van der Waals surface area contributed by atoms with E-state index in [0.717, 1.165) is 4.57 Å². The molecule has 0 aliphatic carbocycles. The van der Waals surface area contributed by atoms with Gasteiger partial charge in [0.25, 0.3) is 0 Å². The Morgan fingerprint density at radius 1 is 1.35 bits per heavy atom. The molecular formula is C11H18F3N5O. The number of hydrogen-bond donors (Lipinski definition) is 1. The summed E-state index contributed by atoms with van der Waals surface area (Å²) >= 11 is 0. The number of hydrogen-bond acceptors (Lipinski definition) is 5. The summed E-state index contributed by atoms with van der Waals surface area (Å²) in [4.78, 5) is 1.98. The zero-order chi connectivity index (χ0) is 14.8. The van der Waals surface area contributed by atoms with E-state index in [1.165, 1.54) is 0 Å². The first-order chi connectivity index (χ1) is 9.45. The summed E-state index contributed by atoms with van der Waals surface area (Å²) in [7, 11) is 0. The van der Waals surface area contributed by atoms with Crippen LogP contribution in [0.1, 0.15) is 18.6 Å². The third-order valence-corrected chi connectivity index (χ3v) is 3.21. The minimum absolute atomic E-state index is 0.114. The van der Waals surface area contributed by atoms with Crippen molar-refractivity contribution >= 4 is 0 Å². The van der Waals surface area contributed by atoms with E-state index in [0.29, 0.717) is 38.6 Å². The van der Waals surface area contributed by atoms with Gasteiger partial charge in [-0.15, -0.1) is 10.2 Å². The zero-order valence-corrected chi connectivity index (χ0v) is 11.2. The molecule has 1 aliphatic rings. The number of ether oxygens (including phenoxy) is 1. The van der Waals surface area contributed by atoms with Crippen LogP contribution in [0.15, 0.2) is 0 Å². The van der Waals surface area contributed by atoms with Gasteiger partial charge < -0.3 is 15.0 Å². The van der Waals surface area contributed by atoms with Crippen LogP contribution >= 0.6 is 0 Å². The summed E-state index contributed by atoms with van der Waals surface area (Å²) < 4.78 is 44.7. The Labute approximate surface area is 114 Å². The molecule has 0 saturated carbocycles. The molecular weight excluding hydrogens is 275 g/mol. The summed E-state index contributed by atoms with van der Waals surface area (Å²) in [6, 6.07) is 0. The standard InChI is InChI=1S/C11H18F3N5O/c1-2-20-8(5-15)6-18-3-4-19-9(7-18)16-17-10(19)11(12,13)14/h8H,2-7,15H2,1H3. The molecule has 9 heteroatoms. The van der Waals surface area contributed by atoms with Gasteiger partial charge in [0.2, 0.25) is 5.82 Å². The summed E-state index contributed by atoms with van der Waals surface area (Å²) in [5.74, 6) is -0.594. The van der Waals surface area contributed by atoms with Crippen LogP contribution in [0.5, 0.6) is 0 Å². The highest BCUT2D eigenvalue weighted by atomic mass is 19.4.